The number of benzene rings is 3. The number of rotatable bonds is 13. The van der Waals surface area contributed by atoms with Gasteiger partial charge in [0.1, 0.15) is 12.6 Å². The Kier molecular flexibility index (Phi) is 11.2. The second-order valence-corrected chi connectivity index (χ2v) is 12.4. The predicted molar refractivity (Wildman–Crippen MR) is 161 cm³/mol. The van der Waals surface area contributed by atoms with Crippen molar-refractivity contribution in [1.82, 2.24) is 10.2 Å². The standard InChI is InChI=1S/C31H38ClN3O4S/c1-5-28(31(37)33-21-23(2)3)34(19-18-25-12-8-6-9-13-25)30(36)22-35(29-17-16-26(32)20-24(29)4)40(38,39)27-14-10-7-11-15-27/h6-17,20,23,28H,5,18-19,21-22H2,1-4H3,(H,33,37). The highest BCUT2D eigenvalue weighted by Gasteiger charge is 2.34. The lowest BCUT2D eigenvalue weighted by Crippen LogP contribution is -2.53. The normalized spacial score (nSPS) is 12.2. The van der Waals surface area contributed by atoms with Crippen LogP contribution in [-0.2, 0) is 26.0 Å². The smallest absolute Gasteiger partial charge is 0.264 e. The van der Waals surface area contributed by atoms with Gasteiger partial charge in [0.15, 0.2) is 0 Å². The summed E-state index contributed by atoms with van der Waals surface area (Å²) in [6.45, 7) is 7.87. The van der Waals surface area contributed by atoms with Gasteiger partial charge in [-0.1, -0.05) is 80.9 Å². The van der Waals surface area contributed by atoms with E-state index in [1.54, 1.807) is 43.3 Å². The van der Waals surface area contributed by atoms with E-state index in [2.05, 4.69) is 5.32 Å². The van der Waals surface area contributed by atoms with E-state index < -0.39 is 28.5 Å². The van der Waals surface area contributed by atoms with Crippen LogP contribution in [0.4, 0.5) is 5.69 Å². The van der Waals surface area contributed by atoms with E-state index in [0.29, 0.717) is 35.7 Å². The zero-order valence-corrected chi connectivity index (χ0v) is 25.1. The summed E-state index contributed by atoms with van der Waals surface area (Å²) in [6, 6.07) is 21.8. The highest BCUT2D eigenvalue weighted by molar-refractivity contribution is 7.92. The predicted octanol–water partition coefficient (Wildman–Crippen LogP) is 5.47. The van der Waals surface area contributed by atoms with Crippen molar-refractivity contribution in [2.75, 3.05) is 23.9 Å². The number of aryl methyl sites for hydroxylation is 1. The summed E-state index contributed by atoms with van der Waals surface area (Å²) < 4.78 is 28.9. The van der Waals surface area contributed by atoms with Crippen LogP contribution < -0.4 is 9.62 Å². The molecule has 0 aromatic heterocycles. The molecule has 1 N–H and O–H groups in total. The largest absolute Gasteiger partial charge is 0.354 e. The number of carbonyl (C=O) groups excluding carboxylic acids is 2. The number of hydrogen-bond donors (Lipinski definition) is 1. The van der Waals surface area contributed by atoms with E-state index in [1.807, 2.05) is 51.1 Å². The molecule has 1 atom stereocenters. The summed E-state index contributed by atoms with van der Waals surface area (Å²) in [5, 5.41) is 3.40. The molecule has 2 amide bonds. The Hall–Kier alpha value is -3.36. The van der Waals surface area contributed by atoms with Gasteiger partial charge < -0.3 is 10.2 Å². The molecule has 3 aromatic carbocycles. The van der Waals surface area contributed by atoms with Crippen LogP contribution in [0.3, 0.4) is 0 Å². The summed E-state index contributed by atoms with van der Waals surface area (Å²) in [4.78, 5) is 28.9. The minimum absolute atomic E-state index is 0.0645. The van der Waals surface area contributed by atoms with Crippen LogP contribution in [0.25, 0.3) is 0 Å². The van der Waals surface area contributed by atoms with Crippen LogP contribution in [0.15, 0.2) is 83.8 Å². The van der Waals surface area contributed by atoms with Gasteiger partial charge in [0.2, 0.25) is 11.8 Å². The number of carbonyl (C=O) groups is 2. The molecule has 0 aliphatic rings. The average molecular weight is 584 g/mol. The maximum Gasteiger partial charge on any atom is 0.264 e. The van der Waals surface area contributed by atoms with Gasteiger partial charge in [0.05, 0.1) is 10.6 Å². The number of hydrogen-bond acceptors (Lipinski definition) is 4. The molecule has 40 heavy (non-hydrogen) atoms. The monoisotopic (exact) mass is 583 g/mol. The lowest BCUT2D eigenvalue weighted by Gasteiger charge is -2.33. The van der Waals surface area contributed by atoms with Crippen LogP contribution >= 0.6 is 11.6 Å². The number of anilines is 1. The fourth-order valence-corrected chi connectivity index (χ4v) is 6.18. The van der Waals surface area contributed by atoms with Crippen LogP contribution in [0.2, 0.25) is 5.02 Å². The first kappa shape index (κ1) is 31.2. The van der Waals surface area contributed by atoms with Crippen molar-refractivity contribution in [3.8, 4) is 0 Å². The van der Waals surface area contributed by atoms with Crippen molar-refractivity contribution in [3.63, 3.8) is 0 Å². The van der Waals surface area contributed by atoms with Crippen LogP contribution in [0, 0.1) is 12.8 Å². The quantitative estimate of drug-likeness (QED) is 0.289. The van der Waals surface area contributed by atoms with Gasteiger partial charge in [-0.05, 0) is 67.1 Å². The van der Waals surface area contributed by atoms with Gasteiger partial charge in [0.25, 0.3) is 10.0 Å². The van der Waals surface area contributed by atoms with Crippen molar-refractivity contribution in [1.29, 1.82) is 0 Å². The van der Waals surface area contributed by atoms with Crippen LogP contribution in [0.1, 0.15) is 38.3 Å². The topological polar surface area (TPSA) is 86.8 Å². The second-order valence-electron chi connectivity index (χ2n) is 10.1. The first-order valence-electron chi connectivity index (χ1n) is 13.5. The molecular formula is C31H38ClN3O4S. The maximum absolute atomic E-state index is 14.1. The zero-order chi connectivity index (χ0) is 29.3. The molecule has 9 heteroatoms. The van der Waals surface area contributed by atoms with Crippen LogP contribution in [0.5, 0.6) is 0 Å². The summed E-state index contributed by atoms with van der Waals surface area (Å²) in [7, 11) is -4.12. The van der Waals surface area contributed by atoms with Gasteiger partial charge >= 0.3 is 0 Å². The van der Waals surface area contributed by atoms with Crippen LogP contribution in [-0.4, -0.2) is 50.8 Å². The Labute approximate surface area is 243 Å². The molecule has 1 unspecified atom stereocenters. The Balaban J connectivity index is 2.01. The third kappa shape index (κ3) is 8.08. The summed E-state index contributed by atoms with van der Waals surface area (Å²) in [5.74, 6) is -0.469. The highest BCUT2D eigenvalue weighted by Crippen LogP contribution is 2.29. The molecule has 214 valence electrons. The van der Waals surface area contributed by atoms with Gasteiger partial charge in [-0.15, -0.1) is 0 Å². The number of nitrogens with one attached hydrogen (secondary N) is 1. The number of nitrogens with zero attached hydrogens (tertiary/aromatic N) is 2. The van der Waals surface area contributed by atoms with E-state index in [9.17, 15) is 18.0 Å². The molecule has 0 fully saturated rings. The molecule has 0 saturated heterocycles. The first-order valence-corrected chi connectivity index (χ1v) is 15.3. The Morgan fingerprint density at radius 3 is 2.15 bits per heavy atom. The van der Waals surface area contributed by atoms with Gasteiger partial charge in [-0.25, -0.2) is 8.42 Å². The third-order valence-electron chi connectivity index (χ3n) is 6.59. The number of sulfonamides is 1. The fraction of sp³-hybridized carbons (Fsp3) is 0.355. The Morgan fingerprint density at radius 1 is 0.950 bits per heavy atom. The van der Waals surface area contributed by atoms with Gasteiger partial charge in [0, 0.05) is 18.1 Å². The summed E-state index contributed by atoms with van der Waals surface area (Å²) in [6.07, 6.45) is 0.905. The molecule has 0 heterocycles. The summed E-state index contributed by atoms with van der Waals surface area (Å²) >= 11 is 6.17. The lowest BCUT2D eigenvalue weighted by molar-refractivity contribution is -0.139. The molecule has 7 nitrogen and oxygen atoms in total. The first-order chi connectivity index (χ1) is 19.0. The maximum atomic E-state index is 14.1. The van der Waals surface area contributed by atoms with Crippen molar-refractivity contribution in [3.05, 3.63) is 95.0 Å². The molecule has 3 rings (SSSR count). The second kappa shape index (κ2) is 14.3. The molecule has 0 bridgehead atoms. The van der Waals surface area contributed by atoms with E-state index in [4.69, 9.17) is 11.6 Å². The fourth-order valence-electron chi connectivity index (χ4n) is 4.45. The molecule has 0 aliphatic heterocycles. The van der Waals surface area contributed by atoms with Crippen molar-refractivity contribution in [2.24, 2.45) is 5.92 Å². The lowest BCUT2D eigenvalue weighted by atomic mass is 10.1. The molecule has 0 spiro atoms. The zero-order valence-electron chi connectivity index (χ0n) is 23.5. The number of halogens is 1. The molecule has 0 radical (unpaired) electrons. The van der Waals surface area contributed by atoms with Crippen molar-refractivity contribution < 1.29 is 18.0 Å². The van der Waals surface area contributed by atoms with Gasteiger partial charge in [-0.2, -0.15) is 0 Å². The number of amides is 2. The minimum Gasteiger partial charge on any atom is -0.354 e. The van der Waals surface area contributed by atoms with E-state index in [-0.39, 0.29) is 23.3 Å². The molecule has 0 aliphatic carbocycles. The molecule has 0 saturated carbocycles. The van der Waals surface area contributed by atoms with Crippen molar-refractivity contribution in [2.45, 2.75) is 51.5 Å². The Bertz CT molecular complexity index is 1380. The third-order valence-corrected chi connectivity index (χ3v) is 8.60. The van der Waals surface area contributed by atoms with E-state index in [1.165, 1.54) is 17.0 Å². The van der Waals surface area contributed by atoms with E-state index in [0.717, 1.165) is 9.87 Å². The molecular weight excluding hydrogens is 546 g/mol. The minimum atomic E-state index is -4.12. The Morgan fingerprint density at radius 2 is 1.57 bits per heavy atom. The molecule has 3 aromatic rings. The summed E-state index contributed by atoms with van der Waals surface area (Å²) in [5.41, 5.74) is 1.97. The SMILES string of the molecule is CCC(C(=O)NCC(C)C)N(CCc1ccccc1)C(=O)CN(c1ccc(Cl)cc1C)S(=O)(=O)c1ccccc1. The van der Waals surface area contributed by atoms with E-state index >= 15 is 0 Å². The average Bonchev–Trinajstić information content (AvgIpc) is 2.94. The van der Waals surface area contributed by atoms with Crippen molar-refractivity contribution >= 4 is 39.1 Å². The van der Waals surface area contributed by atoms with Gasteiger partial charge in [-0.3, -0.25) is 13.9 Å². The highest BCUT2D eigenvalue weighted by atomic mass is 35.5.